The van der Waals surface area contributed by atoms with E-state index in [4.69, 9.17) is 0 Å². The van der Waals surface area contributed by atoms with E-state index >= 15 is 0 Å². The molecule has 1 aliphatic rings. The SMILES string of the molecule is O=C1CCCN1.[Fe]. The molecule has 1 fully saturated rings. The van der Waals surface area contributed by atoms with Crippen molar-refractivity contribution < 1.29 is 21.9 Å². The minimum Gasteiger partial charge on any atom is -0.356 e. The molecule has 0 unspecified atom stereocenters. The molecule has 1 aliphatic heterocycles. The van der Waals surface area contributed by atoms with E-state index in [2.05, 4.69) is 5.32 Å². The summed E-state index contributed by atoms with van der Waals surface area (Å²) in [4.78, 5) is 10.1. The number of nitrogens with one attached hydrogen (secondary N) is 1. The van der Waals surface area contributed by atoms with Crippen molar-refractivity contribution in [3.8, 4) is 0 Å². The van der Waals surface area contributed by atoms with E-state index in [0.717, 1.165) is 19.4 Å². The maximum atomic E-state index is 10.1. The van der Waals surface area contributed by atoms with Crippen LogP contribution < -0.4 is 5.32 Å². The molecule has 0 aromatic heterocycles. The molecule has 0 atom stereocenters. The summed E-state index contributed by atoms with van der Waals surface area (Å²) < 4.78 is 0. The summed E-state index contributed by atoms with van der Waals surface area (Å²) in [5.41, 5.74) is 0. The Morgan fingerprint density at radius 3 is 2.43 bits per heavy atom. The molecule has 0 aliphatic carbocycles. The van der Waals surface area contributed by atoms with Gasteiger partial charge in [-0.1, -0.05) is 0 Å². The molecule has 0 aromatic rings. The average molecular weight is 141 g/mol. The molecule has 0 saturated carbocycles. The normalized spacial score (nSPS) is 18.0. The molecular weight excluding hydrogens is 134 g/mol. The van der Waals surface area contributed by atoms with Crippen LogP contribution in [0.15, 0.2) is 0 Å². The summed E-state index contributed by atoms with van der Waals surface area (Å²) in [6.07, 6.45) is 1.76. The van der Waals surface area contributed by atoms with Crippen molar-refractivity contribution >= 4 is 5.91 Å². The minimum absolute atomic E-state index is 0. The van der Waals surface area contributed by atoms with E-state index in [1.807, 2.05) is 0 Å². The van der Waals surface area contributed by atoms with Gasteiger partial charge in [0.25, 0.3) is 0 Å². The van der Waals surface area contributed by atoms with Crippen molar-refractivity contribution in [2.24, 2.45) is 0 Å². The van der Waals surface area contributed by atoms with Gasteiger partial charge >= 0.3 is 0 Å². The summed E-state index contributed by atoms with van der Waals surface area (Å²) in [7, 11) is 0. The molecule has 1 saturated heterocycles. The van der Waals surface area contributed by atoms with E-state index in [1.54, 1.807) is 0 Å². The van der Waals surface area contributed by atoms with Gasteiger partial charge in [0.2, 0.25) is 5.91 Å². The number of hydrogen-bond acceptors (Lipinski definition) is 1. The van der Waals surface area contributed by atoms with Gasteiger partial charge in [0.15, 0.2) is 0 Å². The van der Waals surface area contributed by atoms with Gasteiger partial charge in [-0.15, -0.1) is 0 Å². The third-order valence-corrected chi connectivity index (χ3v) is 0.903. The van der Waals surface area contributed by atoms with Crippen LogP contribution in [-0.2, 0) is 21.9 Å². The van der Waals surface area contributed by atoms with Crippen LogP contribution in [0.4, 0.5) is 0 Å². The Labute approximate surface area is 53.1 Å². The van der Waals surface area contributed by atoms with Crippen molar-refractivity contribution in [2.75, 3.05) is 6.54 Å². The van der Waals surface area contributed by atoms with Gasteiger partial charge in [0, 0.05) is 30.0 Å². The molecular formula is C4H7FeNO. The van der Waals surface area contributed by atoms with E-state index in [0.29, 0.717) is 0 Å². The zero-order valence-electron chi connectivity index (χ0n) is 3.88. The van der Waals surface area contributed by atoms with Gasteiger partial charge in [0.1, 0.15) is 0 Å². The number of carbonyl (C=O) groups excluding carboxylic acids is 1. The first-order valence-corrected chi connectivity index (χ1v) is 2.16. The first-order chi connectivity index (χ1) is 2.89. The number of carbonyl (C=O) groups is 1. The average Bonchev–Trinajstić information content (AvgIpc) is 1.86. The van der Waals surface area contributed by atoms with Crippen LogP contribution in [0.3, 0.4) is 0 Å². The van der Waals surface area contributed by atoms with Crippen LogP contribution in [0, 0.1) is 0 Å². The van der Waals surface area contributed by atoms with Crippen LogP contribution in [0.25, 0.3) is 0 Å². The Kier molecular flexibility index (Phi) is 3.05. The fourth-order valence-corrected chi connectivity index (χ4v) is 0.565. The molecule has 0 radical (unpaired) electrons. The summed E-state index contributed by atoms with van der Waals surface area (Å²) in [6, 6.07) is 0. The van der Waals surface area contributed by atoms with Gasteiger partial charge in [-0.25, -0.2) is 0 Å². The van der Waals surface area contributed by atoms with Gasteiger partial charge in [0.05, 0.1) is 0 Å². The molecule has 3 heteroatoms. The Balaban J connectivity index is 0.000000360. The predicted octanol–water partition coefficient (Wildman–Crippen LogP) is -0.106. The quantitative estimate of drug-likeness (QED) is 0.468. The van der Waals surface area contributed by atoms with E-state index in [9.17, 15) is 4.79 Å². The monoisotopic (exact) mass is 141 g/mol. The van der Waals surface area contributed by atoms with E-state index < -0.39 is 0 Å². The summed E-state index contributed by atoms with van der Waals surface area (Å²) >= 11 is 0. The van der Waals surface area contributed by atoms with Crippen molar-refractivity contribution in [1.82, 2.24) is 5.32 Å². The Morgan fingerprint density at radius 1 is 1.57 bits per heavy atom. The van der Waals surface area contributed by atoms with Crippen LogP contribution in [0.1, 0.15) is 12.8 Å². The molecule has 1 N–H and O–H groups in total. The summed E-state index contributed by atoms with van der Waals surface area (Å²) in [5.74, 6) is 0.204. The largest absolute Gasteiger partial charge is 0.356 e. The van der Waals surface area contributed by atoms with Crippen LogP contribution in [0.2, 0.25) is 0 Å². The smallest absolute Gasteiger partial charge is 0.220 e. The van der Waals surface area contributed by atoms with Crippen molar-refractivity contribution in [3.63, 3.8) is 0 Å². The van der Waals surface area contributed by atoms with Crippen molar-refractivity contribution in [1.29, 1.82) is 0 Å². The molecule has 0 spiro atoms. The summed E-state index contributed by atoms with van der Waals surface area (Å²) in [6.45, 7) is 0.888. The van der Waals surface area contributed by atoms with Gasteiger partial charge in [-0.2, -0.15) is 0 Å². The molecule has 1 heterocycles. The molecule has 0 aromatic carbocycles. The number of hydrogen-bond donors (Lipinski definition) is 1. The zero-order chi connectivity index (χ0) is 4.41. The van der Waals surface area contributed by atoms with Gasteiger partial charge < -0.3 is 5.32 Å². The molecule has 1 rings (SSSR count). The Hall–Kier alpha value is -0.0105. The second kappa shape index (κ2) is 3.05. The fraction of sp³-hybridized carbons (Fsp3) is 0.750. The zero-order valence-corrected chi connectivity index (χ0v) is 4.99. The predicted molar refractivity (Wildman–Crippen MR) is 22.2 cm³/mol. The van der Waals surface area contributed by atoms with E-state index in [-0.39, 0.29) is 23.0 Å². The van der Waals surface area contributed by atoms with Crippen LogP contribution in [-0.4, -0.2) is 12.5 Å². The Bertz CT molecular complexity index is 66.1. The standard InChI is InChI=1S/C4H7NO.Fe/c6-4-2-1-3-5-4;/h1-3H2,(H,5,6);. The topological polar surface area (TPSA) is 29.1 Å². The molecule has 7 heavy (non-hydrogen) atoms. The van der Waals surface area contributed by atoms with Crippen molar-refractivity contribution in [3.05, 3.63) is 0 Å². The van der Waals surface area contributed by atoms with Gasteiger partial charge in [-0.3, -0.25) is 4.79 Å². The fourth-order valence-electron chi connectivity index (χ4n) is 0.565. The number of amides is 1. The Morgan fingerprint density at radius 2 is 2.29 bits per heavy atom. The van der Waals surface area contributed by atoms with Crippen molar-refractivity contribution in [2.45, 2.75) is 12.8 Å². The minimum atomic E-state index is 0. The maximum absolute atomic E-state index is 10.1. The second-order valence-electron chi connectivity index (χ2n) is 1.45. The van der Waals surface area contributed by atoms with E-state index in [1.165, 1.54) is 0 Å². The number of rotatable bonds is 0. The summed E-state index contributed by atoms with van der Waals surface area (Å²) in [5, 5.41) is 2.68. The van der Waals surface area contributed by atoms with Gasteiger partial charge in [-0.05, 0) is 6.42 Å². The molecule has 42 valence electrons. The maximum Gasteiger partial charge on any atom is 0.220 e. The molecule has 1 amide bonds. The van der Waals surface area contributed by atoms with Crippen LogP contribution in [0.5, 0.6) is 0 Å². The van der Waals surface area contributed by atoms with Crippen LogP contribution >= 0.6 is 0 Å². The molecule has 2 nitrogen and oxygen atoms in total. The first kappa shape index (κ1) is 6.99. The second-order valence-corrected chi connectivity index (χ2v) is 1.45. The first-order valence-electron chi connectivity index (χ1n) is 2.16. The third kappa shape index (κ3) is 1.95. The third-order valence-electron chi connectivity index (χ3n) is 0.903. The molecule has 0 bridgehead atoms.